The highest BCUT2D eigenvalue weighted by Crippen LogP contribution is 2.45. The van der Waals surface area contributed by atoms with Crippen LogP contribution in [-0.2, 0) is 20.2 Å². The second-order valence-corrected chi connectivity index (χ2v) is 13.0. The minimum Gasteiger partial charge on any atom is -0.493 e. The molecule has 45 heavy (non-hydrogen) atoms. The molecule has 1 aliphatic carbocycles. The molecular formula is C32H35N5O7S. The molecule has 1 aliphatic rings. The van der Waals surface area contributed by atoms with E-state index in [0.29, 0.717) is 17.3 Å². The number of carbonyl (C=O) groups is 1. The Bertz CT molecular complexity index is 1740. The molecule has 4 aromatic rings. The number of nitrogens with one attached hydrogen (secondary N) is 2. The Morgan fingerprint density at radius 2 is 1.62 bits per heavy atom. The van der Waals surface area contributed by atoms with Gasteiger partial charge in [0.15, 0.2) is 17.3 Å². The summed E-state index contributed by atoms with van der Waals surface area (Å²) in [5.41, 5.74) is 1.37. The minimum atomic E-state index is -4.10. The minimum absolute atomic E-state index is 0.0169. The van der Waals surface area contributed by atoms with Gasteiger partial charge < -0.3 is 18.9 Å². The van der Waals surface area contributed by atoms with Gasteiger partial charge in [-0.05, 0) is 60.2 Å². The standard InChI is InChI=1S/C32H35N5O7S/c1-32(2,3)22-11-13-24(14-12-22)45(39,40)37-29-27(44-26-8-6-5-7-25(26)41-4)30(36-28(35-29)21-9-10-21)42-19-20-43-31(38)34-23-15-17-33-18-16-23/h5-8,11-18,21H,9-10,19-20H2,1-4H3,(H,33,34,38)(H,35,36,37). The lowest BCUT2D eigenvalue weighted by atomic mass is 9.87. The number of rotatable bonds is 12. The number of para-hydroxylation sites is 2. The number of ether oxygens (including phenoxy) is 4. The highest BCUT2D eigenvalue weighted by molar-refractivity contribution is 7.92. The average molecular weight is 634 g/mol. The predicted octanol–water partition coefficient (Wildman–Crippen LogP) is 6.28. The van der Waals surface area contributed by atoms with Crippen molar-refractivity contribution in [2.45, 2.75) is 49.8 Å². The Hall–Kier alpha value is -4.91. The van der Waals surface area contributed by atoms with E-state index >= 15 is 0 Å². The van der Waals surface area contributed by atoms with E-state index in [0.717, 1.165) is 18.4 Å². The fourth-order valence-electron chi connectivity index (χ4n) is 4.22. The Balaban J connectivity index is 1.43. The molecule has 0 atom stereocenters. The van der Waals surface area contributed by atoms with Crippen molar-refractivity contribution in [2.75, 3.05) is 30.4 Å². The van der Waals surface area contributed by atoms with Crippen molar-refractivity contribution >= 4 is 27.6 Å². The molecule has 2 aromatic heterocycles. The van der Waals surface area contributed by atoms with Crippen LogP contribution in [0.25, 0.3) is 0 Å². The van der Waals surface area contributed by atoms with Gasteiger partial charge in [0.2, 0.25) is 5.75 Å². The number of carbonyl (C=O) groups excluding carboxylic acids is 1. The normalized spacial score (nSPS) is 13.1. The van der Waals surface area contributed by atoms with E-state index < -0.39 is 16.1 Å². The molecule has 5 rings (SSSR count). The molecule has 0 spiro atoms. The number of methoxy groups -OCH3 is 1. The van der Waals surface area contributed by atoms with Crippen molar-refractivity contribution in [3.63, 3.8) is 0 Å². The van der Waals surface area contributed by atoms with Crippen molar-refractivity contribution in [1.29, 1.82) is 0 Å². The fourth-order valence-corrected chi connectivity index (χ4v) is 5.23. The van der Waals surface area contributed by atoms with Crippen LogP contribution in [0.3, 0.4) is 0 Å². The zero-order valence-corrected chi connectivity index (χ0v) is 26.3. The van der Waals surface area contributed by atoms with Crippen LogP contribution in [-0.4, -0.2) is 49.8 Å². The molecule has 0 radical (unpaired) electrons. The van der Waals surface area contributed by atoms with Crippen LogP contribution in [0.4, 0.5) is 16.3 Å². The monoisotopic (exact) mass is 633 g/mol. The molecule has 2 N–H and O–H groups in total. The second-order valence-electron chi connectivity index (χ2n) is 11.3. The SMILES string of the molecule is COc1ccccc1Oc1c(NS(=O)(=O)c2ccc(C(C)(C)C)cc2)nc(C2CC2)nc1OCCOC(=O)Nc1ccncc1. The average Bonchev–Trinajstić information content (AvgIpc) is 3.87. The van der Waals surface area contributed by atoms with E-state index in [1.54, 1.807) is 73.1 Å². The first kappa shape index (κ1) is 31.5. The van der Waals surface area contributed by atoms with Gasteiger partial charge in [0.25, 0.3) is 15.9 Å². The lowest BCUT2D eigenvalue weighted by Gasteiger charge is -2.20. The van der Waals surface area contributed by atoms with Crippen LogP contribution in [0.1, 0.15) is 50.9 Å². The van der Waals surface area contributed by atoms with Crippen molar-refractivity contribution in [1.82, 2.24) is 15.0 Å². The van der Waals surface area contributed by atoms with E-state index in [4.69, 9.17) is 18.9 Å². The number of pyridine rings is 1. The summed E-state index contributed by atoms with van der Waals surface area (Å²) in [7, 11) is -2.61. The molecule has 2 heterocycles. The summed E-state index contributed by atoms with van der Waals surface area (Å²) < 4.78 is 52.7. The summed E-state index contributed by atoms with van der Waals surface area (Å²) in [6, 6.07) is 16.8. The van der Waals surface area contributed by atoms with Crippen molar-refractivity contribution in [3.8, 4) is 23.1 Å². The first-order chi connectivity index (χ1) is 21.5. The summed E-state index contributed by atoms with van der Waals surface area (Å²) in [5.74, 6) is 0.965. The van der Waals surface area contributed by atoms with Gasteiger partial charge in [0.05, 0.1) is 12.0 Å². The first-order valence-electron chi connectivity index (χ1n) is 14.4. The molecule has 1 amide bonds. The number of sulfonamides is 1. The summed E-state index contributed by atoms with van der Waals surface area (Å²) in [5, 5.41) is 2.59. The zero-order valence-electron chi connectivity index (χ0n) is 25.4. The highest BCUT2D eigenvalue weighted by Gasteiger charge is 2.32. The molecule has 0 unspecified atom stereocenters. The Labute approximate surface area is 262 Å². The summed E-state index contributed by atoms with van der Waals surface area (Å²) in [6.07, 6.45) is 4.11. The van der Waals surface area contributed by atoms with E-state index in [2.05, 4.69) is 45.8 Å². The third kappa shape index (κ3) is 8.18. The summed E-state index contributed by atoms with van der Waals surface area (Å²) in [4.78, 5) is 25.3. The Kier molecular flexibility index (Phi) is 9.37. The molecule has 0 bridgehead atoms. The zero-order chi connectivity index (χ0) is 32.0. The van der Waals surface area contributed by atoms with Gasteiger partial charge >= 0.3 is 6.09 Å². The maximum Gasteiger partial charge on any atom is 0.411 e. The first-order valence-corrected chi connectivity index (χ1v) is 15.8. The lowest BCUT2D eigenvalue weighted by molar-refractivity contribution is 0.135. The molecular weight excluding hydrogens is 598 g/mol. The molecule has 13 heteroatoms. The molecule has 236 valence electrons. The quantitative estimate of drug-likeness (QED) is 0.171. The van der Waals surface area contributed by atoms with E-state index in [1.807, 2.05) is 0 Å². The van der Waals surface area contributed by atoms with Crippen LogP contribution in [0, 0.1) is 0 Å². The number of nitrogens with zero attached hydrogens (tertiary/aromatic N) is 3. The number of hydrogen-bond donors (Lipinski definition) is 2. The number of benzene rings is 2. The fraction of sp³-hybridized carbons (Fsp3) is 0.312. The van der Waals surface area contributed by atoms with Gasteiger partial charge in [-0.15, -0.1) is 0 Å². The number of amides is 1. The van der Waals surface area contributed by atoms with Crippen LogP contribution in [0.5, 0.6) is 23.1 Å². The topological polar surface area (TPSA) is 151 Å². The predicted molar refractivity (Wildman–Crippen MR) is 168 cm³/mol. The summed E-state index contributed by atoms with van der Waals surface area (Å²) >= 11 is 0. The van der Waals surface area contributed by atoms with Crippen LogP contribution >= 0.6 is 0 Å². The molecule has 12 nitrogen and oxygen atoms in total. The molecule has 0 aliphatic heterocycles. The Morgan fingerprint density at radius 1 is 0.933 bits per heavy atom. The van der Waals surface area contributed by atoms with Gasteiger partial charge in [-0.1, -0.05) is 45.0 Å². The van der Waals surface area contributed by atoms with Crippen LogP contribution < -0.4 is 24.2 Å². The second kappa shape index (κ2) is 13.4. The van der Waals surface area contributed by atoms with Gasteiger partial charge in [-0.3, -0.25) is 15.0 Å². The number of hydrogen-bond acceptors (Lipinski definition) is 10. The van der Waals surface area contributed by atoms with Gasteiger partial charge in [0, 0.05) is 24.0 Å². The highest BCUT2D eigenvalue weighted by atomic mass is 32.2. The van der Waals surface area contributed by atoms with Gasteiger partial charge in [0.1, 0.15) is 19.0 Å². The number of anilines is 2. The number of aromatic nitrogens is 3. The van der Waals surface area contributed by atoms with E-state index in [1.165, 1.54) is 7.11 Å². The van der Waals surface area contributed by atoms with Crippen molar-refractivity contribution < 1.29 is 32.2 Å². The van der Waals surface area contributed by atoms with Crippen molar-refractivity contribution in [2.24, 2.45) is 0 Å². The van der Waals surface area contributed by atoms with Gasteiger partial charge in [-0.2, -0.15) is 4.98 Å². The van der Waals surface area contributed by atoms with E-state index in [-0.39, 0.29) is 52.6 Å². The van der Waals surface area contributed by atoms with Crippen LogP contribution in [0.15, 0.2) is 78.0 Å². The third-order valence-corrected chi connectivity index (χ3v) is 8.17. The maximum atomic E-state index is 13.6. The molecule has 1 fully saturated rings. The van der Waals surface area contributed by atoms with Gasteiger partial charge in [-0.25, -0.2) is 18.2 Å². The third-order valence-electron chi connectivity index (χ3n) is 6.82. The van der Waals surface area contributed by atoms with Crippen molar-refractivity contribution in [3.05, 3.63) is 84.4 Å². The Morgan fingerprint density at radius 3 is 2.27 bits per heavy atom. The van der Waals surface area contributed by atoms with E-state index in [9.17, 15) is 13.2 Å². The smallest absolute Gasteiger partial charge is 0.411 e. The maximum absolute atomic E-state index is 13.6. The lowest BCUT2D eigenvalue weighted by Crippen LogP contribution is -2.19. The molecule has 1 saturated carbocycles. The van der Waals surface area contributed by atoms with Crippen LogP contribution in [0.2, 0.25) is 0 Å². The molecule has 2 aromatic carbocycles. The molecule has 0 saturated heterocycles. The summed E-state index contributed by atoms with van der Waals surface area (Å²) in [6.45, 7) is 5.92. The largest absolute Gasteiger partial charge is 0.493 e.